The van der Waals surface area contributed by atoms with Gasteiger partial charge in [-0.15, -0.1) is 0 Å². The summed E-state index contributed by atoms with van der Waals surface area (Å²) in [4.78, 5) is 14.6. The van der Waals surface area contributed by atoms with Crippen molar-refractivity contribution in [3.05, 3.63) is 78.1 Å². The highest BCUT2D eigenvalue weighted by atomic mass is 16.2. The minimum absolute atomic E-state index is 0.0806. The van der Waals surface area contributed by atoms with Crippen molar-refractivity contribution < 1.29 is 4.79 Å². The van der Waals surface area contributed by atoms with Gasteiger partial charge in [0, 0.05) is 31.0 Å². The zero-order chi connectivity index (χ0) is 15.6. The first-order valence-electron chi connectivity index (χ1n) is 7.78. The van der Waals surface area contributed by atoms with Gasteiger partial charge in [-0.3, -0.25) is 4.79 Å². The lowest BCUT2D eigenvalue weighted by molar-refractivity contribution is 0.0773. The number of fused-ring (bicyclic) bond motifs is 1. The molecule has 0 radical (unpaired) electrons. The molecule has 0 bridgehead atoms. The molecule has 4 nitrogen and oxygen atoms in total. The third-order valence-corrected chi connectivity index (χ3v) is 4.29. The highest BCUT2D eigenvalue weighted by molar-refractivity contribution is 5.95. The van der Waals surface area contributed by atoms with Gasteiger partial charge in [0.2, 0.25) is 0 Å². The lowest BCUT2D eigenvalue weighted by atomic mass is 9.99. The fourth-order valence-corrected chi connectivity index (χ4v) is 3.01. The van der Waals surface area contributed by atoms with E-state index in [0.717, 1.165) is 24.0 Å². The molecule has 4 rings (SSSR count). The van der Waals surface area contributed by atoms with Gasteiger partial charge in [0.15, 0.2) is 0 Å². The van der Waals surface area contributed by atoms with Crippen molar-refractivity contribution in [2.75, 3.05) is 13.1 Å². The van der Waals surface area contributed by atoms with Crippen LogP contribution in [0.4, 0.5) is 0 Å². The molecule has 0 fully saturated rings. The number of rotatable bonds is 2. The van der Waals surface area contributed by atoms with Gasteiger partial charge in [-0.2, -0.15) is 5.10 Å². The summed E-state index contributed by atoms with van der Waals surface area (Å²) in [6, 6.07) is 16.0. The summed E-state index contributed by atoms with van der Waals surface area (Å²) in [6.45, 7) is 1.41. The topological polar surface area (TPSA) is 37.6 Å². The summed E-state index contributed by atoms with van der Waals surface area (Å²) in [5, 5.41) is 4.16. The van der Waals surface area contributed by atoms with Gasteiger partial charge in [0.25, 0.3) is 5.91 Å². The molecule has 0 saturated carbocycles. The first-order chi connectivity index (χ1) is 11.3. The van der Waals surface area contributed by atoms with Crippen LogP contribution < -0.4 is 0 Å². The maximum Gasteiger partial charge on any atom is 0.254 e. The van der Waals surface area contributed by atoms with Gasteiger partial charge in [-0.25, -0.2) is 4.52 Å². The Kier molecular flexibility index (Phi) is 3.42. The largest absolute Gasteiger partial charge is 0.335 e. The molecule has 0 saturated heterocycles. The Labute approximate surface area is 134 Å². The number of carbonyl (C=O) groups is 1. The van der Waals surface area contributed by atoms with Crippen LogP contribution in [0.25, 0.3) is 11.1 Å². The van der Waals surface area contributed by atoms with E-state index in [1.54, 1.807) is 10.7 Å². The van der Waals surface area contributed by atoms with E-state index in [1.165, 1.54) is 11.1 Å². The van der Waals surface area contributed by atoms with Gasteiger partial charge in [0.05, 0.1) is 5.52 Å². The molecular formula is C19H17N3O. The van der Waals surface area contributed by atoms with E-state index in [9.17, 15) is 4.79 Å². The second-order valence-electron chi connectivity index (χ2n) is 5.71. The smallest absolute Gasteiger partial charge is 0.254 e. The number of nitrogens with zero attached hydrogens (tertiary/aromatic N) is 3. The van der Waals surface area contributed by atoms with Crippen LogP contribution in [0, 0.1) is 0 Å². The second kappa shape index (κ2) is 5.72. The molecule has 3 aromatic rings. The van der Waals surface area contributed by atoms with Crippen molar-refractivity contribution in [2.45, 2.75) is 6.42 Å². The lowest BCUT2D eigenvalue weighted by Gasteiger charge is -2.26. The molecule has 1 aliphatic heterocycles. The normalized spacial score (nSPS) is 14.8. The average Bonchev–Trinajstić information content (AvgIpc) is 3.10. The van der Waals surface area contributed by atoms with Gasteiger partial charge < -0.3 is 4.90 Å². The molecule has 114 valence electrons. The maximum absolute atomic E-state index is 12.7. The van der Waals surface area contributed by atoms with Gasteiger partial charge in [0.1, 0.15) is 0 Å². The molecule has 23 heavy (non-hydrogen) atoms. The lowest BCUT2D eigenvalue weighted by Crippen LogP contribution is -2.34. The molecular weight excluding hydrogens is 286 g/mol. The fraction of sp³-hybridized carbons (Fsp3) is 0.158. The molecule has 1 aromatic carbocycles. The van der Waals surface area contributed by atoms with Gasteiger partial charge >= 0.3 is 0 Å². The minimum atomic E-state index is 0.0806. The number of pyridine rings is 1. The van der Waals surface area contributed by atoms with Gasteiger partial charge in [-0.05, 0) is 35.8 Å². The molecule has 0 spiro atoms. The van der Waals surface area contributed by atoms with Crippen LogP contribution in [-0.4, -0.2) is 33.5 Å². The SMILES string of the molecule is O=C(c1ccn2nccc2c1)N1CC=C(c2ccccc2)CC1. The van der Waals surface area contributed by atoms with Crippen molar-refractivity contribution in [3.63, 3.8) is 0 Å². The third-order valence-electron chi connectivity index (χ3n) is 4.29. The molecule has 0 atom stereocenters. The van der Waals surface area contributed by atoms with Crippen LogP contribution in [0.2, 0.25) is 0 Å². The summed E-state index contributed by atoms with van der Waals surface area (Å²) >= 11 is 0. The van der Waals surface area contributed by atoms with Crippen LogP contribution in [0.1, 0.15) is 22.3 Å². The highest BCUT2D eigenvalue weighted by Gasteiger charge is 2.19. The molecule has 0 unspecified atom stereocenters. The predicted octanol–water partition coefficient (Wildman–Crippen LogP) is 3.26. The summed E-state index contributed by atoms with van der Waals surface area (Å²) in [5.41, 5.74) is 4.23. The first kappa shape index (κ1) is 13.8. The van der Waals surface area contributed by atoms with E-state index in [4.69, 9.17) is 0 Å². The summed E-state index contributed by atoms with van der Waals surface area (Å²) < 4.78 is 1.76. The molecule has 2 aromatic heterocycles. The van der Waals surface area contributed by atoms with E-state index in [2.05, 4.69) is 35.4 Å². The molecule has 0 aliphatic carbocycles. The Bertz CT molecular complexity index is 880. The predicted molar refractivity (Wildman–Crippen MR) is 90.1 cm³/mol. The molecule has 3 heterocycles. The van der Waals surface area contributed by atoms with Crippen LogP contribution in [0.3, 0.4) is 0 Å². The number of amides is 1. The number of benzene rings is 1. The zero-order valence-corrected chi connectivity index (χ0v) is 12.7. The quantitative estimate of drug-likeness (QED) is 0.728. The molecule has 1 aliphatic rings. The van der Waals surface area contributed by atoms with Crippen LogP contribution in [0.5, 0.6) is 0 Å². The van der Waals surface area contributed by atoms with Crippen molar-refractivity contribution in [3.8, 4) is 0 Å². The van der Waals surface area contributed by atoms with Crippen molar-refractivity contribution in [1.29, 1.82) is 0 Å². The first-order valence-corrected chi connectivity index (χ1v) is 7.78. The van der Waals surface area contributed by atoms with E-state index in [1.807, 2.05) is 35.4 Å². The Morgan fingerprint density at radius 3 is 2.74 bits per heavy atom. The second-order valence-corrected chi connectivity index (χ2v) is 5.71. The molecule has 4 heteroatoms. The van der Waals surface area contributed by atoms with Gasteiger partial charge in [-0.1, -0.05) is 36.4 Å². The average molecular weight is 303 g/mol. The fourth-order valence-electron chi connectivity index (χ4n) is 3.01. The molecule has 1 amide bonds. The Hall–Kier alpha value is -2.88. The Morgan fingerprint density at radius 1 is 1.09 bits per heavy atom. The monoisotopic (exact) mass is 303 g/mol. The van der Waals surface area contributed by atoms with Crippen molar-refractivity contribution in [2.24, 2.45) is 0 Å². The van der Waals surface area contributed by atoms with E-state index >= 15 is 0 Å². The number of hydrogen-bond donors (Lipinski definition) is 0. The standard InChI is InChI=1S/C19H17N3O/c23-19(17-9-13-22-18(14-17)6-10-20-22)21-11-7-16(8-12-21)15-4-2-1-3-5-15/h1-7,9-10,13-14H,8,11-12H2. The van der Waals surface area contributed by atoms with Crippen molar-refractivity contribution >= 4 is 17.0 Å². The van der Waals surface area contributed by atoms with E-state index < -0.39 is 0 Å². The summed E-state index contributed by atoms with van der Waals surface area (Å²) in [7, 11) is 0. The van der Waals surface area contributed by atoms with Crippen molar-refractivity contribution in [1.82, 2.24) is 14.5 Å². The maximum atomic E-state index is 12.7. The summed E-state index contributed by atoms with van der Waals surface area (Å²) in [6.07, 6.45) is 6.62. The number of aromatic nitrogens is 2. The van der Waals surface area contributed by atoms with Crippen LogP contribution >= 0.6 is 0 Å². The number of carbonyl (C=O) groups excluding carboxylic acids is 1. The zero-order valence-electron chi connectivity index (χ0n) is 12.7. The Morgan fingerprint density at radius 2 is 1.96 bits per heavy atom. The number of hydrogen-bond acceptors (Lipinski definition) is 2. The minimum Gasteiger partial charge on any atom is -0.335 e. The molecule has 0 N–H and O–H groups in total. The third kappa shape index (κ3) is 2.63. The Balaban J connectivity index is 1.53. The van der Waals surface area contributed by atoms with E-state index in [0.29, 0.717) is 6.54 Å². The van der Waals surface area contributed by atoms with Crippen LogP contribution in [-0.2, 0) is 0 Å². The van der Waals surface area contributed by atoms with E-state index in [-0.39, 0.29) is 5.91 Å². The van der Waals surface area contributed by atoms with Crippen LogP contribution in [0.15, 0.2) is 67.0 Å². The highest BCUT2D eigenvalue weighted by Crippen LogP contribution is 2.23. The summed E-state index contributed by atoms with van der Waals surface area (Å²) in [5.74, 6) is 0.0806.